The van der Waals surface area contributed by atoms with Crippen LogP contribution in [0.1, 0.15) is 5.56 Å². The molecule has 1 aromatic heterocycles. The van der Waals surface area contributed by atoms with E-state index in [0.717, 1.165) is 16.3 Å². The maximum Gasteiger partial charge on any atom is 0.344 e. The zero-order valence-corrected chi connectivity index (χ0v) is 14.0. The molecule has 0 aliphatic carbocycles. The monoisotopic (exact) mass is 350 g/mol. The molecule has 0 atom stereocenters. The summed E-state index contributed by atoms with van der Waals surface area (Å²) in [7, 11) is 1.55. The molecule has 4 nitrogen and oxygen atoms in total. The van der Waals surface area contributed by atoms with Gasteiger partial charge < -0.3 is 13.9 Å². The average molecular weight is 350 g/mol. The van der Waals surface area contributed by atoms with Crippen molar-refractivity contribution in [1.29, 1.82) is 0 Å². The van der Waals surface area contributed by atoms with Crippen LogP contribution in [-0.2, 0) is 6.61 Å². The highest BCUT2D eigenvalue weighted by molar-refractivity contribution is 6.04. The minimum atomic E-state index is -0.429. The Kier molecular flexibility index (Phi) is 4.05. The molecule has 3 aromatic carbocycles. The van der Waals surface area contributed by atoms with Crippen LogP contribution in [0.2, 0.25) is 0 Å². The number of hydrogen-bond donors (Lipinski definition) is 0. The molecule has 0 saturated heterocycles. The van der Waals surface area contributed by atoms with E-state index in [4.69, 9.17) is 13.9 Å². The van der Waals surface area contributed by atoms with Crippen LogP contribution in [0.5, 0.6) is 11.5 Å². The Hall–Kier alpha value is -3.34. The zero-order chi connectivity index (χ0) is 18.1. The molecular formula is C21H15FO4. The molecule has 0 radical (unpaired) electrons. The summed E-state index contributed by atoms with van der Waals surface area (Å²) in [5.74, 6) is 0.881. The third-order valence-corrected chi connectivity index (χ3v) is 4.21. The van der Waals surface area contributed by atoms with E-state index in [1.165, 1.54) is 12.1 Å². The molecule has 4 aromatic rings. The van der Waals surface area contributed by atoms with Gasteiger partial charge in [-0.1, -0.05) is 12.1 Å². The first kappa shape index (κ1) is 16.1. The quantitative estimate of drug-likeness (QED) is 0.396. The lowest BCUT2D eigenvalue weighted by atomic mass is 10.1. The van der Waals surface area contributed by atoms with E-state index in [1.807, 2.05) is 18.2 Å². The minimum absolute atomic E-state index is 0.287. The van der Waals surface area contributed by atoms with Gasteiger partial charge in [-0.15, -0.1) is 0 Å². The summed E-state index contributed by atoms with van der Waals surface area (Å²) in [5.41, 5.74) is 0.866. The topological polar surface area (TPSA) is 48.7 Å². The molecule has 0 aliphatic heterocycles. The molecule has 0 saturated carbocycles. The van der Waals surface area contributed by atoms with E-state index < -0.39 is 5.63 Å². The van der Waals surface area contributed by atoms with Crippen molar-refractivity contribution in [3.05, 3.63) is 82.5 Å². The van der Waals surface area contributed by atoms with Crippen molar-refractivity contribution >= 4 is 21.7 Å². The minimum Gasteiger partial charge on any atom is -0.497 e. The fourth-order valence-electron chi connectivity index (χ4n) is 2.86. The molecule has 0 bridgehead atoms. The lowest BCUT2D eigenvalue weighted by Crippen LogP contribution is -2.01. The second kappa shape index (κ2) is 6.52. The Labute approximate surface area is 148 Å². The molecule has 5 heteroatoms. The maximum atomic E-state index is 12.9. The lowest BCUT2D eigenvalue weighted by Gasteiger charge is -2.09. The number of fused-ring (bicyclic) bond motifs is 3. The van der Waals surface area contributed by atoms with Gasteiger partial charge in [0.15, 0.2) is 0 Å². The summed E-state index contributed by atoms with van der Waals surface area (Å²) in [5, 5.41) is 2.08. The number of benzene rings is 3. The van der Waals surface area contributed by atoms with Crippen molar-refractivity contribution in [3.8, 4) is 11.5 Å². The van der Waals surface area contributed by atoms with Gasteiger partial charge in [0, 0.05) is 16.8 Å². The van der Waals surface area contributed by atoms with Gasteiger partial charge in [-0.3, -0.25) is 0 Å². The van der Waals surface area contributed by atoms with E-state index in [0.29, 0.717) is 29.1 Å². The Balaban J connectivity index is 1.69. The van der Waals surface area contributed by atoms with Crippen LogP contribution in [0.25, 0.3) is 21.7 Å². The van der Waals surface area contributed by atoms with E-state index >= 15 is 0 Å². The van der Waals surface area contributed by atoms with Gasteiger partial charge in [-0.2, -0.15) is 0 Å². The first-order chi connectivity index (χ1) is 12.6. The average Bonchev–Trinajstić information content (AvgIpc) is 2.67. The predicted octanol–water partition coefficient (Wildman–Crippen LogP) is 4.67. The molecule has 0 N–H and O–H groups in total. The van der Waals surface area contributed by atoms with Crippen LogP contribution < -0.4 is 15.1 Å². The standard InChI is InChI=1S/C21H15FO4/c1-24-15-6-8-17-18-9-7-16(11-20(18)26-21(23)19(17)10-15)25-12-13-2-4-14(22)5-3-13/h2-11H,12H2,1H3. The normalized spacial score (nSPS) is 11.0. The van der Waals surface area contributed by atoms with Gasteiger partial charge in [-0.25, -0.2) is 9.18 Å². The fourth-order valence-corrected chi connectivity index (χ4v) is 2.86. The molecular weight excluding hydrogens is 335 g/mol. The summed E-state index contributed by atoms with van der Waals surface area (Å²) in [6.45, 7) is 0.292. The SMILES string of the molecule is COc1ccc2c(c1)c(=O)oc1cc(OCc3ccc(F)cc3)ccc12. The van der Waals surface area contributed by atoms with Crippen LogP contribution in [0, 0.1) is 5.82 Å². The molecule has 1 heterocycles. The summed E-state index contributed by atoms with van der Waals surface area (Å²) >= 11 is 0. The fraction of sp³-hybridized carbons (Fsp3) is 0.0952. The maximum absolute atomic E-state index is 12.9. The van der Waals surface area contributed by atoms with Gasteiger partial charge in [0.2, 0.25) is 0 Å². The van der Waals surface area contributed by atoms with Crippen molar-refractivity contribution in [2.24, 2.45) is 0 Å². The van der Waals surface area contributed by atoms with Gasteiger partial charge in [0.25, 0.3) is 0 Å². The Morgan fingerprint density at radius 2 is 1.62 bits per heavy atom. The highest BCUT2D eigenvalue weighted by atomic mass is 19.1. The van der Waals surface area contributed by atoms with Crippen LogP contribution in [0.4, 0.5) is 4.39 Å². The smallest absolute Gasteiger partial charge is 0.344 e. The number of halogens is 1. The van der Waals surface area contributed by atoms with Crippen molar-refractivity contribution < 1.29 is 18.3 Å². The Bertz CT molecular complexity index is 1150. The number of rotatable bonds is 4. The van der Waals surface area contributed by atoms with Crippen LogP contribution in [-0.4, -0.2) is 7.11 Å². The molecule has 0 amide bonds. The first-order valence-corrected chi connectivity index (χ1v) is 8.06. The number of hydrogen-bond acceptors (Lipinski definition) is 4. The number of ether oxygens (including phenoxy) is 2. The largest absolute Gasteiger partial charge is 0.497 e. The summed E-state index contributed by atoms with van der Waals surface area (Å²) in [4.78, 5) is 12.3. The van der Waals surface area contributed by atoms with Crippen molar-refractivity contribution in [2.75, 3.05) is 7.11 Å². The van der Waals surface area contributed by atoms with Crippen molar-refractivity contribution in [1.82, 2.24) is 0 Å². The summed E-state index contributed by atoms with van der Waals surface area (Å²) < 4.78 is 29.3. The van der Waals surface area contributed by atoms with E-state index in [1.54, 1.807) is 37.4 Å². The van der Waals surface area contributed by atoms with Crippen molar-refractivity contribution in [2.45, 2.75) is 6.61 Å². The highest BCUT2D eigenvalue weighted by Gasteiger charge is 2.10. The molecule has 0 aliphatic rings. The Morgan fingerprint density at radius 1 is 0.885 bits per heavy atom. The second-order valence-corrected chi connectivity index (χ2v) is 5.87. The predicted molar refractivity (Wildman–Crippen MR) is 97.3 cm³/mol. The Morgan fingerprint density at radius 3 is 2.38 bits per heavy atom. The highest BCUT2D eigenvalue weighted by Crippen LogP contribution is 2.28. The van der Waals surface area contributed by atoms with Crippen LogP contribution in [0.3, 0.4) is 0 Å². The van der Waals surface area contributed by atoms with E-state index in [2.05, 4.69) is 0 Å². The van der Waals surface area contributed by atoms with Crippen LogP contribution >= 0.6 is 0 Å². The van der Waals surface area contributed by atoms with Gasteiger partial charge in [0.05, 0.1) is 12.5 Å². The molecule has 26 heavy (non-hydrogen) atoms. The lowest BCUT2D eigenvalue weighted by molar-refractivity contribution is 0.306. The molecule has 0 unspecified atom stereocenters. The van der Waals surface area contributed by atoms with Gasteiger partial charge >= 0.3 is 5.63 Å². The van der Waals surface area contributed by atoms with Gasteiger partial charge in [0.1, 0.15) is 29.5 Å². The molecule has 0 fully saturated rings. The second-order valence-electron chi connectivity index (χ2n) is 5.87. The molecule has 130 valence electrons. The van der Waals surface area contributed by atoms with Crippen LogP contribution in [0.15, 0.2) is 69.9 Å². The van der Waals surface area contributed by atoms with Gasteiger partial charge in [-0.05, 0) is 48.0 Å². The zero-order valence-electron chi connectivity index (χ0n) is 14.0. The summed E-state index contributed by atoms with van der Waals surface area (Å²) in [6, 6.07) is 16.8. The van der Waals surface area contributed by atoms with E-state index in [-0.39, 0.29) is 5.82 Å². The number of methoxy groups -OCH3 is 1. The molecule has 4 rings (SSSR count). The third kappa shape index (κ3) is 2.99. The molecule has 0 spiro atoms. The van der Waals surface area contributed by atoms with Crippen molar-refractivity contribution in [3.63, 3.8) is 0 Å². The summed E-state index contributed by atoms with van der Waals surface area (Å²) in [6.07, 6.45) is 0. The first-order valence-electron chi connectivity index (χ1n) is 8.06. The third-order valence-electron chi connectivity index (χ3n) is 4.21. The van der Waals surface area contributed by atoms with E-state index in [9.17, 15) is 9.18 Å².